The van der Waals surface area contributed by atoms with Crippen molar-refractivity contribution in [2.75, 3.05) is 32.8 Å². The lowest BCUT2D eigenvalue weighted by Crippen LogP contribution is -2.37. The molecule has 150 valence electrons. The second-order valence-electron chi connectivity index (χ2n) is 6.24. The third-order valence-corrected chi connectivity index (χ3v) is 6.00. The lowest BCUT2D eigenvalue weighted by molar-refractivity contribution is -0.117. The molecule has 1 aliphatic heterocycles. The second kappa shape index (κ2) is 8.07. The van der Waals surface area contributed by atoms with Gasteiger partial charge in [-0.15, -0.1) is 0 Å². The SMILES string of the molecule is COc1cccc(N2CC(NS(=O)(=O)c3ccc(OC)c(OC)c3)CC2=O)c1. The van der Waals surface area contributed by atoms with E-state index in [2.05, 4.69) is 4.72 Å². The third kappa shape index (κ3) is 4.05. The summed E-state index contributed by atoms with van der Waals surface area (Å²) in [5.41, 5.74) is 0.664. The highest BCUT2D eigenvalue weighted by atomic mass is 32.2. The number of methoxy groups -OCH3 is 3. The maximum absolute atomic E-state index is 12.7. The minimum atomic E-state index is -3.83. The van der Waals surface area contributed by atoms with Crippen molar-refractivity contribution < 1.29 is 27.4 Å². The monoisotopic (exact) mass is 406 g/mol. The predicted octanol–water partition coefficient (Wildman–Crippen LogP) is 1.80. The first-order valence-corrected chi connectivity index (χ1v) is 10.0. The highest BCUT2D eigenvalue weighted by Gasteiger charge is 2.34. The molecule has 0 aromatic heterocycles. The van der Waals surface area contributed by atoms with E-state index in [-0.39, 0.29) is 23.8 Å². The van der Waals surface area contributed by atoms with Crippen molar-refractivity contribution in [3.8, 4) is 17.2 Å². The number of carbonyl (C=O) groups excluding carboxylic acids is 1. The van der Waals surface area contributed by atoms with Gasteiger partial charge in [0.15, 0.2) is 11.5 Å². The summed E-state index contributed by atoms with van der Waals surface area (Å²) in [6.45, 7) is 0.235. The van der Waals surface area contributed by atoms with Crippen LogP contribution in [0, 0.1) is 0 Å². The fraction of sp³-hybridized carbons (Fsp3) is 0.316. The minimum Gasteiger partial charge on any atom is -0.497 e. The zero-order chi connectivity index (χ0) is 20.3. The number of hydrogen-bond donors (Lipinski definition) is 1. The van der Waals surface area contributed by atoms with E-state index in [0.717, 1.165) is 0 Å². The number of carbonyl (C=O) groups is 1. The van der Waals surface area contributed by atoms with Crippen LogP contribution in [-0.4, -0.2) is 48.2 Å². The van der Waals surface area contributed by atoms with Gasteiger partial charge in [0.25, 0.3) is 0 Å². The number of sulfonamides is 1. The highest BCUT2D eigenvalue weighted by Crippen LogP contribution is 2.30. The molecule has 1 fully saturated rings. The molecule has 0 aliphatic carbocycles. The van der Waals surface area contributed by atoms with Crippen LogP contribution in [-0.2, 0) is 14.8 Å². The van der Waals surface area contributed by atoms with E-state index >= 15 is 0 Å². The number of anilines is 1. The van der Waals surface area contributed by atoms with Gasteiger partial charge in [-0.3, -0.25) is 4.79 Å². The number of nitrogens with zero attached hydrogens (tertiary/aromatic N) is 1. The van der Waals surface area contributed by atoms with E-state index in [9.17, 15) is 13.2 Å². The third-order valence-electron chi connectivity index (χ3n) is 4.48. The first-order valence-electron chi connectivity index (χ1n) is 8.56. The molecule has 2 aromatic carbocycles. The molecule has 1 amide bonds. The van der Waals surface area contributed by atoms with E-state index in [1.165, 1.54) is 32.4 Å². The van der Waals surface area contributed by atoms with Gasteiger partial charge >= 0.3 is 0 Å². The van der Waals surface area contributed by atoms with E-state index in [0.29, 0.717) is 22.9 Å². The molecule has 0 radical (unpaired) electrons. The molecule has 0 saturated carbocycles. The van der Waals surface area contributed by atoms with Crippen molar-refractivity contribution in [2.24, 2.45) is 0 Å². The fourth-order valence-electron chi connectivity index (χ4n) is 3.09. The molecule has 0 spiro atoms. The Morgan fingerprint density at radius 3 is 2.43 bits per heavy atom. The van der Waals surface area contributed by atoms with E-state index in [4.69, 9.17) is 14.2 Å². The zero-order valence-corrected chi connectivity index (χ0v) is 16.7. The summed E-state index contributed by atoms with van der Waals surface area (Å²) in [6, 6.07) is 10.9. The van der Waals surface area contributed by atoms with Gasteiger partial charge in [0.2, 0.25) is 15.9 Å². The van der Waals surface area contributed by atoms with Gasteiger partial charge < -0.3 is 19.1 Å². The maximum atomic E-state index is 12.7. The number of hydrogen-bond acceptors (Lipinski definition) is 6. The number of rotatable bonds is 7. The Kier molecular flexibility index (Phi) is 5.76. The molecule has 3 rings (SSSR count). The Labute approximate surface area is 164 Å². The zero-order valence-electron chi connectivity index (χ0n) is 15.8. The average Bonchev–Trinajstić information content (AvgIpc) is 3.06. The van der Waals surface area contributed by atoms with Gasteiger partial charge in [0.1, 0.15) is 5.75 Å². The normalized spacial score (nSPS) is 16.9. The van der Waals surface area contributed by atoms with E-state index < -0.39 is 16.1 Å². The molecule has 1 aliphatic rings. The summed E-state index contributed by atoms with van der Waals surface area (Å²) < 4.78 is 43.6. The molecule has 1 heterocycles. The molecule has 8 nitrogen and oxygen atoms in total. The van der Waals surface area contributed by atoms with Crippen LogP contribution in [0.25, 0.3) is 0 Å². The predicted molar refractivity (Wildman–Crippen MR) is 104 cm³/mol. The van der Waals surface area contributed by atoms with E-state index in [1.807, 2.05) is 0 Å². The molecule has 28 heavy (non-hydrogen) atoms. The molecular weight excluding hydrogens is 384 g/mol. The standard InChI is InChI=1S/C19H22N2O6S/c1-25-15-6-4-5-14(10-15)21-12-13(9-19(21)22)20-28(23,24)16-7-8-17(26-2)18(11-16)27-3/h4-8,10-11,13,20H,9,12H2,1-3H3. The topological polar surface area (TPSA) is 94.2 Å². The van der Waals surface area contributed by atoms with Gasteiger partial charge in [0, 0.05) is 36.8 Å². The van der Waals surface area contributed by atoms with Crippen molar-refractivity contribution in [1.82, 2.24) is 4.72 Å². The van der Waals surface area contributed by atoms with Crippen LogP contribution in [0.3, 0.4) is 0 Å². The molecule has 1 atom stereocenters. The quantitative estimate of drug-likeness (QED) is 0.754. The molecule has 1 saturated heterocycles. The van der Waals surface area contributed by atoms with Crippen LogP contribution in [0.5, 0.6) is 17.2 Å². The number of nitrogens with one attached hydrogen (secondary N) is 1. The van der Waals surface area contributed by atoms with E-state index in [1.54, 1.807) is 36.3 Å². The first-order chi connectivity index (χ1) is 13.4. The molecular formula is C19H22N2O6S. The second-order valence-corrected chi connectivity index (χ2v) is 7.96. The number of amides is 1. The van der Waals surface area contributed by atoms with Crippen molar-refractivity contribution in [3.63, 3.8) is 0 Å². The molecule has 9 heteroatoms. The van der Waals surface area contributed by atoms with Crippen LogP contribution in [0.4, 0.5) is 5.69 Å². The Hall–Kier alpha value is -2.78. The average molecular weight is 406 g/mol. The molecule has 1 unspecified atom stereocenters. The number of ether oxygens (including phenoxy) is 3. The minimum absolute atomic E-state index is 0.0393. The van der Waals surface area contributed by atoms with Gasteiger partial charge in [0.05, 0.1) is 26.2 Å². The van der Waals surface area contributed by atoms with Crippen LogP contribution < -0.4 is 23.8 Å². The van der Waals surface area contributed by atoms with Crippen LogP contribution in [0.2, 0.25) is 0 Å². The maximum Gasteiger partial charge on any atom is 0.241 e. The van der Waals surface area contributed by atoms with Crippen LogP contribution >= 0.6 is 0 Å². The van der Waals surface area contributed by atoms with Crippen molar-refractivity contribution >= 4 is 21.6 Å². The molecule has 0 bridgehead atoms. The first kappa shape index (κ1) is 20.0. The smallest absolute Gasteiger partial charge is 0.241 e. The van der Waals surface area contributed by atoms with Crippen LogP contribution in [0.1, 0.15) is 6.42 Å². The summed E-state index contributed by atoms with van der Waals surface area (Å²) in [7, 11) is 0.622. The highest BCUT2D eigenvalue weighted by molar-refractivity contribution is 7.89. The van der Waals surface area contributed by atoms with Gasteiger partial charge in [-0.25, -0.2) is 13.1 Å². The summed E-state index contributed by atoms with van der Waals surface area (Å²) in [5, 5.41) is 0. The summed E-state index contributed by atoms with van der Waals surface area (Å²) in [5.74, 6) is 1.21. The largest absolute Gasteiger partial charge is 0.497 e. The summed E-state index contributed by atoms with van der Waals surface area (Å²) in [6.07, 6.45) is 0.0731. The summed E-state index contributed by atoms with van der Waals surface area (Å²) >= 11 is 0. The summed E-state index contributed by atoms with van der Waals surface area (Å²) in [4.78, 5) is 14.0. The lowest BCUT2D eigenvalue weighted by Gasteiger charge is -2.18. The molecule has 1 N–H and O–H groups in total. The van der Waals surface area contributed by atoms with Crippen molar-refractivity contribution in [1.29, 1.82) is 0 Å². The Morgan fingerprint density at radius 2 is 1.75 bits per heavy atom. The molecule has 2 aromatic rings. The van der Waals surface area contributed by atoms with Crippen LogP contribution in [0.15, 0.2) is 47.4 Å². The Morgan fingerprint density at radius 1 is 1.00 bits per heavy atom. The number of benzene rings is 2. The van der Waals surface area contributed by atoms with Gasteiger partial charge in [-0.1, -0.05) is 6.07 Å². The lowest BCUT2D eigenvalue weighted by atomic mass is 10.3. The van der Waals surface area contributed by atoms with Crippen molar-refractivity contribution in [2.45, 2.75) is 17.4 Å². The Balaban J connectivity index is 1.77. The van der Waals surface area contributed by atoms with Gasteiger partial charge in [-0.05, 0) is 24.3 Å². The fourth-order valence-corrected chi connectivity index (χ4v) is 4.33. The Bertz CT molecular complexity index is 976. The van der Waals surface area contributed by atoms with Gasteiger partial charge in [-0.2, -0.15) is 0 Å². The van der Waals surface area contributed by atoms with Crippen molar-refractivity contribution in [3.05, 3.63) is 42.5 Å².